The third kappa shape index (κ3) is 8.42. The second-order valence-electron chi connectivity index (χ2n) is 4.52. The molecule has 0 saturated carbocycles. The van der Waals surface area contributed by atoms with E-state index in [0.29, 0.717) is 6.08 Å². The Morgan fingerprint density at radius 2 is 1.89 bits per heavy atom. The number of carbonyl (C=O) groups is 3. The van der Waals surface area contributed by atoms with Crippen molar-refractivity contribution in [2.45, 2.75) is 26.4 Å². The van der Waals surface area contributed by atoms with Crippen LogP contribution in [0.2, 0.25) is 0 Å². The summed E-state index contributed by atoms with van der Waals surface area (Å²) in [6, 6.07) is 0. The highest BCUT2D eigenvalue weighted by Crippen LogP contribution is 2.06. The zero-order chi connectivity index (χ0) is 15.1. The van der Waals surface area contributed by atoms with E-state index in [1.54, 1.807) is 20.8 Å². The van der Waals surface area contributed by atoms with Crippen LogP contribution in [-0.4, -0.2) is 40.2 Å². The van der Waals surface area contributed by atoms with Crippen LogP contribution in [0.15, 0.2) is 24.8 Å². The maximum absolute atomic E-state index is 11.6. The summed E-state index contributed by atoms with van der Waals surface area (Å²) < 4.78 is 4.97. The second-order valence-corrected chi connectivity index (χ2v) is 4.52. The van der Waals surface area contributed by atoms with Gasteiger partial charge in [0.25, 0.3) is 5.91 Å². The van der Waals surface area contributed by atoms with E-state index in [1.165, 1.54) is 6.08 Å². The highest BCUT2D eigenvalue weighted by Gasteiger charge is 2.19. The minimum Gasteiger partial charge on any atom is -0.478 e. The summed E-state index contributed by atoms with van der Waals surface area (Å²) in [5, 5.41) is 9.31. The smallest absolute Gasteiger partial charge is 0.426 e. The van der Waals surface area contributed by atoms with Crippen molar-refractivity contribution >= 4 is 18.0 Å². The normalized spacial score (nSPS) is 10.9. The Kier molecular flexibility index (Phi) is 6.32. The second kappa shape index (κ2) is 7.20. The van der Waals surface area contributed by atoms with Crippen LogP contribution in [0.3, 0.4) is 0 Å². The van der Waals surface area contributed by atoms with Gasteiger partial charge in [-0.1, -0.05) is 6.08 Å². The first-order valence-electron chi connectivity index (χ1n) is 5.48. The molecule has 7 heteroatoms. The number of hydrogen-bond acceptors (Lipinski definition) is 4. The average Bonchev–Trinajstić information content (AvgIpc) is 2.22. The largest absolute Gasteiger partial charge is 0.478 e. The number of hydrazine groups is 1. The van der Waals surface area contributed by atoms with Gasteiger partial charge in [0.15, 0.2) is 0 Å². The van der Waals surface area contributed by atoms with E-state index >= 15 is 0 Å². The third-order valence-corrected chi connectivity index (χ3v) is 1.57. The lowest BCUT2D eigenvalue weighted by Crippen LogP contribution is -2.47. The van der Waals surface area contributed by atoms with E-state index in [9.17, 15) is 14.4 Å². The van der Waals surface area contributed by atoms with Crippen LogP contribution in [0.5, 0.6) is 0 Å². The predicted molar refractivity (Wildman–Crippen MR) is 68.1 cm³/mol. The number of carboxylic acids is 1. The van der Waals surface area contributed by atoms with Crippen molar-refractivity contribution < 1.29 is 24.2 Å². The van der Waals surface area contributed by atoms with Crippen molar-refractivity contribution in [3.8, 4) is 0 Å². The van der Waals surface area contributed by atoms with Crippen molar-refractivity contribution in [2.75, 3.05) is 6.54 Å². The zero-order valence-corrected chi connectivity index (χ0v) is 11.2. The summed E-state index contributed by atoms with van der Waals surface area (Å²) in [6.07, 6.45) is 2.06. The molecule has 0 aromatic heterocycles. The molecule has 0 rings (SSSR count). The Morgan fingerprint density at radius 3 is 2.32 bits per heavy atom. The summed E-state index contributed by atoms with van der Waals surface area (Å²) >= 11 is 0. The molecule has 0 atom stereocenters. The fourth-order valence-electron chi connectivity index (χ4n) is 0.963. The molecule has 0 saturated heterocycles. The van der Waals surface area contributed by atoms with Gasteiger partial charge in [0, 0.05) is 12.2 Å². The van der Waals surface area contributed by atoms with Gasteiger partial charge >= 0.3 is 12.1 Å². The number of amides is 2. The summed E-state index contributed by atoms with van der Waals surface area (Å²) in [5.41, 5.74) is 1.50. The van der Waals surface area contributed by atoms with Gasteiger partial charge < -0.3 is 9.84 Å². The van der Waals surface area contributed by atoms with E-state index in [1.807, 2.05) is 0 Å². The molecule has 0 fully saturated rings. The molecule has 0 spiro atoms. The molecule has 0 radical (unpaired) electrons. The van der Waals surface area contributed by atoms with Gasteiger partial charge in [-0.3, -0.25) is 4.79 Å². The number of carbonyl (C=O) groups excluding carboxylic acids is 2. The number of carboxylic acid groups (broad SMARTS) is 1. The highest BCUT2D eigenvalue weighted by molar-refractivity contribution is 5.94. The van der Waals surface area contributed by atoms with Crippen LogP contribution < -0.4 is 5.43 Å². The Hall–Kier alpha value is -2.31. The zero-order valence-electron chi connectivity index (χ0n) is 11.2. The Labute approximate surface area is 111 Å². The van der Waals surface area contributed by atoms with Gasteiger partial charge in [-0.2, -0.15) is 0 Å². The number of hydrogen-bond donors (Lipinski definition) is 2. The van der Waals surface area contributed by atoms with Crippen molar-refractivity contribution in [3.05, 3.63) is 24.8 Å². The lowest BCUT2D eigenvalue weighted by atomic mass is 10.2. The molecule has 0 aliphatic heterocycles. The fourth-order valence-corrected chi connectivity index (χ4v) is 0.963. The van der Waals surface area contributed by atoms with Crippen molar-refractivity contribution in [1.82, 2.24) is 10.4 Å². The van der Waals surface area contributed by atoms with E-state index in [0.717, 1.165) is 11.1 Å². The molecule has 7 nitrogen and oxygen atoms in total. The number of aliphatic carboxylic acids is 1. The molecule has 0 bridgehead atoms. The Morgan fingerprint density at radius 1 is 1.32 bits per heavy atom. The molecule has 106 valence electrons. The van der Waals surface area contributed by atoms with Crippen LogP contribution in [0.25, 0.3) is 0 Å². The maximum Gasteiger partial charge on any atom is 0.426 e. The SMILES string of the molecule is C=CCN(NC(=O)OC(C)(C)C)C(=O)/C=C\C(=O)O. The first-order chi connectivity index (χ1) is 8.65. The van der Waals surface area contributed by atoms with E-state index < -0.39 is 23.6 Å². The van der Waals surface area contributed by atoms with Crippen LogP contribution in [0.4, 0.5) is 4.79 Å². The van der Waals surface area contributed by atoms with E-state index in [2.05, 4.69) is 12.0 Å². The number of rotatable bonds is 4. The maximum atomic E-state index is 11.6. The summed E-state index contributed by atoms with van der Waals surface area (Å²) in [5.74, 6) is -1.96. The topological polar surface area (TPSA) is 95.9 Å². The lowest BCUT2D eigenvalue weighted by molar-refractivity contribution is -0.132. The minimum absolute atomic E-state index is 0.0159. The molecule has 19 heavy (non-hydrogen) atoms. The first kappa shape index (κ1) is 16.7. The Bertz CT molecular complexity index is 395. The standard InChI is InChI=1S/C12H18N2O5/c1-5-8-14(9(15)6-7-10(16)17)13-11(18)19-12(2,3)4/h5-7H,1,8H2,2-4H3,(H,13,18)(H,16,17)/b7-6-. The molecule has 0 aliphatic rings. The molecular formula is C12H18N2O5. The third-order valence-electron chi connectivity index (χ3n) is 1.57. The first-order valence-corrected chi connectivity index (χ1v) is 5.48. The molecule has 0 aliphatic carbocycles. The summed E-state index contributed by atoms with van der Waals surface area (Å²) in [7, 11) is 0. The van der Waals surface area contributed by atoms with E-state index in [4.69, 9.17) is 9.84 Å². The van der Waals surface area contributed by atoms with Crippen molar-refractivity contribution in [3.63, 3.8) is 0 Å². The molecule has 0 aromatic carbocycles. The number of ether oxygens (including phenoxy) is 1. The minimum atomic E-state index is -1.26. The summed E-state index contributed by atoms with van der Waals surface area (Å²) in [6.45, 7) is 8.48. The molecular weight excluding hydrogens is 252 g/mol. The summed E-state index contributed by atoms with van der Waals surface area (Å²) in [4.78, 5) is 33.4. The van der Waals surface area contributed by atoms with Gasteiger partial charge in [0.2, 0.25) is 0 Å². The van der Waals surface area contributed by atoms with E-state index in [-0.39, 0.29) is 6.54 Å². The highest BCUT2D eigenvalue weighted by atomic mass is 16.6. The van der Waals surface area contributed by atoms with Crippen LogP contribution in [-0.2, 0) is 14.3 Å². The van der Waals surface area contributed by atoms with Crippen LogP contribution >= 0.6 is 0 Å². The van der Waals surface area contributed by atoms with Crippen LogP contribution in [0, 0.1) is 0 Å². The van der Waals surface area contributed by atoms with Gasteiger partial charge in [-0.25, -0.2) is 20.0 Å². The van der Waals surface area contributed by atoms with Gasteiger partial charge in [0.05, 0.1) is 6.54 Å². The molecule has 0 aromatic rings. The predicted octanol–water partition coefficient (Wildman–Crippen LogP) is 1.08. The fraction of sp³-hybridized carbons (Fsp3) is 0.417. The number of nitrogens with one attached hydrogen (secondary N) is 1. The Balaban J connectivity index is 4.65. The van der Waals surface area contributed by atoms with Gasteiger partial charge in [0.1, 0.15) is 5.60 Å². The molecule has 0 unspecified atom stereocenters. The van der Waals surface area contributed by atoms with Crippen molar-refractivity contribution in [1.29, 1.82) is 0 Å². The molecule has 0 heterocycles. The van der Waals surface area contributed by atoms with Gasteiger partial charge in [-0.15, -0.1) is 6.58 Å². The quantitative estimate of drug-likeness (QED) is 0.453. The van der Waals surface area contributed by atoms with Gasteiger partial charge in [-0.05, 0) is 20.8 Å². The molecule has 2 amide bonds. The monoisotopic (exact) mass is 270 g/mol. The van der Waals surface area contributed by atoms with Crippen LogP contribution in [0.1, 0.15) is 20.8 Å². The number of nitrogens with zero attached hydrogens (tertiary/aromatic N) is 1. The average molecular weight is 270 g/mol. The van der Waals surface area contributed by atoms with Crippen molar-refractivity contribution in [2.24, 2.45) is 0 Å². The molecule has 2 N–H and O–H groups in total. The lowest BCUT2D eigenvalue weighted by Gasteiger charge is -2.24.